The molecule has 0 unspecified atom stereocenters. The van der Waals surface area contributed by atoms with E-state index in [1.165, 1.54) is 12.8 Å². The number of hydrogen-bond acceptors (Lipinski definition) is 3. The van der Waals surface area contributed by atoms with Crippen LogP contribution in [-0.2, 0) is 16.2 Å². The number of alkyl halides is 4. The first-order chi connectivity index (χ1) is 15.2. The van der Waals surface area contributed by atoms with E-state index in [-0.39, 0.29) is 17.5 Å². The lowest BCUT2D eigenvalue weighted by Gasteiger charge is -2.28. The monoisotopic (exact) mass is 480 g/mol. The molecule has 2 rings (SSSR count). The number of unbranched alkanes of at least 4 members (excludes halogenated alkanes) is 2. The van der Waals surface area contributed by atoms with Crippen molar-refractivity contribution >= 4 is 10.0 Å². The highest BCUT2D eigenvalue weighted by atomic mass is 32.2. The van der Waals surface area contributed by atoms with Gasteiger partial charge in [-0.3, -0.25) is 0 Å². The van der Waals surface area contributed by atoms with Gasteiger partial charge in [-0.15, -0.1) is 0 Å². The molecule has 0 heterocycles. The maximum Gasteiger partial charge on any atom is 0.416 e. The van der Waals surface area contributed by atoms with Crippen LogP contribution in [0, 0.1) is 11.8 Å². The quantitative estimate of drug-likeness (QED) is 0.294. The number of rotatable bonds is 13. The van der Waals surface area contributed by atoms with Crippen molar-refractivity contribution in [1.29, 1.82) is 0 Å². The summed E-state index contributed by atoms with van der Waals surface area (Å²) in [5.41, 5.74) is -0.864. The summed E-state index contributed by atoms with van der Waals surface area (Å²) in [4.78, 5) is 1.99. The standard InChI is InChI=1S/C23H36F4N2O2S/c1-2-29(17-15-24)16-5-3-4-6-19-7-9-20(10-8-19)18-28-32(30,31)22-13-11-21(12-14-22)23(25,26)27/h11-14,19-20,28H,2-10,15-18H2,1H3. The molecule has 1 fully saturated rings. The van der Waals surface area contributed by atoms with E-state index in [9.17, 15) is 26.0 Å². The largest absolute Gasteiger partial charge is 0.416 e. The van der Waals surface area contributed by atoms with Gasteiger partial charge in [-0.25, -0.2) is 17.5 Å². The average Bonchev–Trinajstić information content (AvgIpc) is 2.77. The summed E-state index contributed by atoms with van der Waals surface area (Å²) in [6.07, 6.45) is 4.18. The number of benzene rings is 1. The number of sulfonamides is 1. The number of nitrogens with one attached hydrogen (secondary N) is 1. The second-order valence-corrected chi connectivity index (χ2v) is 10.5. The summed E-state index contributed by atoms with van der Waals surface area (Å²) in [6.45, 7) is 4.43. The molecule has 0 aromatic heterocycles. The predicted molar refractivity (Wildman–Crippen MR) is 119 cm³/mol. The summed E-state index contributed by atoms with van der Waals surface area (Å²) >= 11 is 0. The lowest BCUT2D eigenvalue weighted by molar-refractivity contribution is -0.137. The molecule has 9 heteroatoms. The first kappa shape index (κ1) is 27.1. The van der Waals surface area contributed by atoms with Crippen molar-refractivity contribution in [2.75, 3.05) is 32.9 Å². The predicted octanol–water partition coefficient (Wildman–Crippen LogP) is 5.64. The fraction of sp³-hybridized carbons (Fsp3) is 0.739. The molecular weight excluding hydrogens is 444 g/mol. The minimum absolute atomic E-state index is 0.146. The summed E-state index contributed by atoms with van der Waals surface area (Å²) < 4.78 is 77.7. The van der Waals surface area contributed by atoms with Crippen LogP contribution in [0.2, 0.25) is 0 Å². The maximum absolute atomic E-state index is 12.7. The van der Waals surface area contributed by atoms with Crippen molar-refractivity contribution < 1.29 is 26.0 Å². The van der Waals surface area contributed by atoms with E-state index in [0.29, 0.717) is 19.0 Å². The minimum Gasteiger partial charge on any atom is -0.301 e. The summed E-state index contributed by atoms with van der Waals surface area (Å²) in [7, 11) is -3.81. The third kappa shape index (κ3) is 8.98. The van der Waals surface area contributed by atoms with Gasteiger partial charge in [-0.1, -0.05) is 39.0 Å². The van der Waals surface area contributed by atoms with Gasteiger partial charge in [-0.05, 0) is 68.5 Å². The highest BCUT2D eigenvalue weighted by Crippen LogP contribution is 2.32. The molecule has 0 bridgehead atoms. The van der Waals surface area contributed by atoms with Crippen LogP contribution in [-0.4, -0.2) is 46.2 Å². The summed E-state index contributed by atoms with van der Waals surface area (Å²) in [5, 5.41) is 0. The topological polar surface area (TPSA) is 49.4 Å². The molecule has 1 N–H and O–H groups in total. The Morgan fingerprint density at radius 1 is 0.969 bits per heavy atom. The lowest BCUT2D eigenvalue weighted by Crippen LogP contribution is -2.31. The van der Waals surface area contributed by atoms with Gasteiger partial charge in [0.2, 0.25) is 10.0 Å². The number of hydrogen-bond donors (Lipinski definition) is 1. The van der Waals surface area contributed by atoms with Crippen molar-refractivity contribution in [3.05, 3.63) is 29.8 Å². The molecule has 0 aliphatic heterocycles. The van der Waals surface area contributed by atoms with Crippen LogP contribution in [0.5, 0.6) is 0 Å². The van der Waals surface area contributed by atoms with Crippen LogP contribution < -0.4 is 4.72 Å². The third-order valence-corrected chi connectivity index (χ3v) is 7.89. The lowest BCUT2D eigenvalue weighted by atomic mass is 9.80. The van der Waals surface area contributed by atoms with Crippen LogP contribution in [0.25, 0.3) is 0 Å². The number of halogens is 4. The Morgan fingerprint density at radius 2 is 1.59 bits per heavy atom. The summed E-state index contributed by atoms with van der Waals surface area (Å²) in [5.74, 6) is 0.931. The van der Waals surface area contributed by atoms with E-state index in [0.717, 1.165) is 75.9 Å². The molecule has 1 saturated carbocycles. The smallest absolute Gasteiger partial charge is 0.301 e. The van der Waals surface area contributed by atoms with Gasteiger partial charge in [0.25, 0.3) is 0 Å². The fourth-order valence-electron chi connectivity index (χ4n) is 4.35. The Bertz CT molecular complexity index is 761. The Hall–Kier alpha value is -1.19. The second-order valence-electron chi connectivity index (χ2n) is 8.73. The zero-order chi connectivity index (χ0) is 23.6. The van der Waals surface area contributed by atoms with E-state index in [1.807, 2.05) is 0 Å². The van der Waals surface area contributed by atoms with Gasteiger partial charge in [0.05, 0.1) is 10.5 Å². The molecule has 184 valence electrons. The van der Waals surface area contributed by atoms with Crippen LogP contribution in [0.4, 0.5) is 17.6 Å². The Morgan fingerprint density at radius 3 is 2.16 bits per heavy atom. The Labute approximate surface area is 189 Å². The highest BCUT2D eigenvalue weighted by Gasteiger charge is 2.31. The van der Waals surface area contributed by atoms with Gasteiger partial charge >= 0.3 is 6.18 Å². The van der Waals surface area contributed by atoms with Crippen molar-refractivity contribution in [2.24, 2.45) is 11.8 Å². The summed E-state index contributed by atoms with van der Waals surface area (Å²) in [6, 6.07) is 3.58. The normalized spacial score (nSPS) is 20.1. The molecule has 1 aliphatic carbocycles. The highest BCUT2D eigenvalue weighted by molar-refractivity contribution is 7.89. The van der Waals surface area contributed by atoms with Crippen LogP contribution in [0.1, 0.15) is 63.9 Å². The molecular formula is C23H36F4N2O2S. The second kappa shape index (κ2) is 12.9. The molecule has 32 heavy (non-hydrogen) atoms. The molecule has 0 atom stereocenters. The molecule has 0 saturated heterocycles. The van der Waals surface area contributed by atoms with Gasteiger partial charge in [-0.2, -0.15) is 13.2 Å². The molecule has 1 aromatic rings. The molecule has 0 amide bonds. The average molecular weight is 481 g/mol. The fourth-order valence-corrected chi connectivity index (χ4v) is 5.47. The third-order valence-electron chi connectivity index (χ3n) is 6.45. The van der Waals surface area contributed by atoms with Crippen molar-refractivity contribution in [2.45, 2.75) is 69.4 Å². The molecule has 1 aromatic carbocycles. The van der Waals surface area contributed by atoms with Crippen molar-refractivity contribution in [1.82, 2.24) is 9.62 Å². The molecule has 0 radical (unpaired) electrons. The Balaban J connectivity index is 1.65. The van der Waals surface area contributed by atoms with Gasteiger partial charge < -0.3 is 4.90 Å². The SMILES string of the molecule is CCN(CCF)CCCCCC1CCC(CNS(=O)(=O)c2ccc(C(F)(F)F)cc2)CC1. The van der Waals surface area contributed by atoms with Crippen LogP contribution >= 0.6 is 0 Å². The van der Waals surface area contributed by atoms with E-state index >= 15 is 0 Å². The first-order valence-corrected chi connectivity index (χ1v) is 13.1. The van der Waals surface area contributed by atoms with Gasteiger partial charge in [0.1, 0.15) is 6.67 Å². The van der Waals surface area contributed by atoms with Crippen molar-refractivity contribution in [3.63, 3.8) is 0 Å². The van der Waals surface area contributed by atoms with Gasteiger partial charge in [0, 0.05) is 13.1 Å². The van der Waals surface area contributed by atoms with E-state index in [4.69, 9.17) is 0 Å². The molecule has 0 spiro atoms. The van der Waals surface area contributed by atoms with Crippen molar-refractivity contribution in [3.8, 4) is 0 Å². The zero-order valence-electron chi connectivity index (χ0n) is 18.8. The zero-order valence-corrected chi connectivity index (χ0v) is 19.7. The number of nitrogens with zero attached hydrogens (tertiary/aromatic N) is 1. The van der Waals surface area contributed by atoms with Crippen LogP contribution in [0.3, 0.4) is 0 Å². The van der Waals surface area contributed by atoms with E-state index in [1.54, 1.807) is 0 Å². The molecule has 4 nitrogen and oxygen atoms in total. The molecule has 1 aliphatic rings. The minimum atomic E-state index is -4.49. The maximum atomic E-state index is 12.7. The van der Waals surface area contributed by atoms with E-state index < -0.39 is 21.8 Å². The first-order valence-electron chi connectivity index (χ1n) is 11.6. The van der Waals surface area contributed by atoms with Crippen LogP contribution in [0.15, 0.2) is 29.2 Å². The van der Waals surface area contributed by atoms with Gasteiger partial charge in [0.15, 0.2) is 0 Å². The van der Waals surface area contributed by atoms with E-state index in [2.05, 4.69) is 16.5 Å². The Kier molecular flexibility index (Phi) is 10.9.